The van der Waals surface area contributed by atoms with Crippen LogP contribution in [-0.4, -0.2) is 24.8 Å². The van der Waals surface area contributed by atoms with E-state index in [4.69, 9.17) is 4.74 Å². The number of allylic oxidation sites excluding steroid dienone is 2. The number of aliphatic imine (C=N–C) groups is 1. The summed E-state index contributed by atoms with van der Waals surface area (Å²) in [6.07, 6.45) is 9.90. The molecule has 124 valence electrons. The van der Waals surface area contributed by atoms with Crippen molar-refractivity contribution in [2.45, 2.75) is 58.5 Å². The summed E-state index contributed by atoms with van der Waals surface area (Å²) < 4.78 is 6.43. The normalized spacial score (nSPS) is 17.7. The molecule has 0 aliphatic heterocycles. The second kappa shape index (κ2) is 10.6. The van der Waals surface area contributed by atoms with Crippen LogP contribution >= 0.6 is 15.9 Å². The first-order chi connectivity index (χ1) is 10.5. The van der Waals surface area contributed by atoms with E-state index in [1.165, 1.54) is 12.8 Å². The van der Waals surface area contributed by atoms with Gasteiger partial charge in [-0.05, 0) is 61.4 Å². The Bertz CT molecular complexity index is 426. The van der Waals surface area contributed by atoms with E-state index in [-0.39, 0.29) is 18.0 Å². The summed E-state index contributed by atoms with van der Waals surface area (Å²) in [7, 11) is 0. The lowest BCUT2D eigenvalue weighted by molar-refractivity contribution is -0.153. The lowest BCUT2D eigenvalue weighted by Gasteiger charge is -2.16. The van der Waals surface area contributed by atoms with Crippen molar-refractivity contribution in [2.24, 2.45) is 10.9 Å². The monoisotopic (exact) mass is 370 g/mol. The van der Waals surface area contributed by atoms with Crippen LogP contribution in [0, 0.1) is 5.92 Å². The van der Waals surface area contributed by atoms with Gasteiger partial charge in [0.05, 0.1) is 5.92 Å². The number of hydrogen-bond donors (Lipinski definition) is 1. The Kier molecular flexibility index (Phi) is 9.13. The average molecular weight is 371 g/mol. The van der Waals surface area contributed by atoms with Gasteiger partial charge >= 0.3 is 5.97 Å². The first kappa shape index (κ1) is 18.9. The third-order valence-electron chi connectivity index (χ3n) is 3.75. The van der Waals surface area contributed by atoms with E-state index in [9.17, 15) is 4.79 Å². The summed E-state index contributed by atoms with van der Waals surface area (Å²) in [5.74, 6) is 0.525. The standard InChI is InChI=1S/C17H27BrN2O2/c1-4-15(18)12-20-14(3)19-11-7-8-13(2)17(21)22-16-9-5-6-10-16/h4,12-13,16,19H,3,5-11H2,1-2H3/b15-4+,20-12-. The van der Waals surface area contributed by atoms with Crippen molar-refractivity contribution in [1.82, 2.24) is 5.32 Å². The van der Waals surface area contributed by atoms with Gasteiger partial charge in [0, 0.05) is 17.2 Å². The molecule has 1 aliphatic rings. The number of carbonyl (C=O) groups is 1. The quantitative estimate of drug-likeness (QED) is 0.373. The molecule has 1 unspecified atom stereocenters. The molecular formula is C17H27BrN2O2. The van der Waals surface area contributed by atoms with Crippen LogP contribution in [0.5, 0.6) is 0 Å². The number of rotatable bonds is 9. The molecule has 1 saturated carbocycles. The molecule has 0 saturated heterocycles. The fraction of sp³-hybridized carbons (Fsp3) is 0.647. The number of hydrogen-bond acceptors (Lipinski definition) is 4. The van der Waals surface area contributed by atoms with Crippen molar-refractivity contribution < 1.29 is 9.53 Å². The summed E-state index contributed by atoms with van der Waals surface area (Å²) in [6, 6.07) is 0. The minimum absolute atomic E-state index is 0.0451. The van der Waals surface area contributed by atoms with E-state index in [1.54, 1.807) is 6.21 Å². The van der Waals surface area contributed by atoms with Crippen molar-refractivity contribution >= 4 is 28.1 Å². The Hall–Kier alpha value is -1.10. The minimum atomic E-state index is -0.0549. The van der Waals surface area contributed by atoms with Crippen LogP contribution in [-0.2, 0) is 9.53 Å². The zero-order valence-electron chi connectivity index (χ0n) is 13.6. The van der Waals surface area contributed by atoms with Gasteiger partial charge in [-0.25, -0.2) is 4.99 Å². The van der Waals surface area contributed by atoms with Gasteiger partial charge in [0.25, 0.3) is 0 Å². The summed E-state index contributed by atoms with van der Waals surface area (Å²) in [5.41, 5.74) is 0. The molecule has 0 spiro atoms. The Morgan fingerprint density at radius 1 is 1.50 bits per heavy atom. The lowest BCUT2D eigenvalue weighted by atomic mass is 10.1. The van der Waals surface area contributed by atoms with Crippen LogP contribution in [0.3, 0.4) is 0 Å². The molecule has 0 aromatic heterocycles. The molecule has 0 bridgehead atoms. The zero-order valence-corrected chi connectivity index (χ0v) is 15.2. The van der Waals surface area contributed by atoms with Crippen LogP contribution in [0.2, 0.25) is 0 Å². The molecule has 0 aromatic rings. The summed E-state index contributed by atoms with van der Waals surface area (Å²) in [5, 5.41) is 3.14. The molecule has 0 heterocycles. The molecule has 1 N–H and O–H groups in total. The van der Waals surface area contributed by atoms with Crippen molar-refractivity contribution in [3.63, 3.8) is 0 Å². The molecule has 4 nitrogen and oxygen atoms in total. The van der Waals surface area contributed by atoms with Gasteiger partial charge in [-0.2, -0.15) is 0 Å². The highest BCUT2D eigenvalue weighted by Crippen LogP contribution is 2.22. The van der Waals surface area contributed by atoms with E-state index in [2.05, 4.69) is 32.8 Å². The molecule has 1 fully saturated rings. The van der Waals surface area contributed by atoms with Gasteiger partial charge in [-0.15, -0.1) is 0 Å². The lowest BCUT2D eigenvalue weighted by Crippen LogP contribution is -2.22. The molecule has 0 amide bonds. The van der Waals surface area contributed by atoms with E-state index in [0.29, 0.717) is 5.82 Å². The number of ether oxygens (including phenoxy) is 1. The Balaban J connectivity index is 2.13. The van der Waals surface area contributed by atoms with Crippen molar-refractivity contribution in [1.29, 1.82) is 0 Å². The van der Waals surface area contributed by atoms with Crippen LogP contribution in [0.25, 0.3) is 0 Å². The molecular weight excluding hydrogens is 344 g/mol. The maximum atomic E-state index is 11.9. The topological polar surface area (TPSA) is 50.7 Å². The number of esters is 1. The Labute approximate surface area is 142 Å². The van der Waals surface area contributed by atoms with Gasteiger partial charge in [-0.1, -0.05) is 19.6 Å². The third kappa shape index (κ3) is 7.78. The molecule has 1 rings (SSSR count). The highest BCUT2D eigenvalue weighted by atomic mass is 79.9. The van der Waals surface area contributed by atoms with Gasteiger partial charge < -0.3 is 10.1 Å². The SMILES string of the molecule is C=C(/N=C\C(Br)=C/C)NCCCC(C)C(=O)OC1CCCC1. The Morgan fingerprint density at radius 2 is 2.18 bits per heavy atom. The van der Waals surface area contributed by atoms with Crippen LogP contribution in [0.1, 0.15) is 52.4 Å². The minimum Gasteiger partial charge on any atom is -0.462 e. The van der Waals surface area contributed by atoms with Gasteiger partial charge in [0.15, 0.2) is 0 Å². The van der Waals surface area contributed by atoms with Crippen LogP contribution in [0.4, 0.5) is 0 Å². The predicted octanol–water partition coefficient (Wildman–Crippen LogP) is 4.32. The summed E-state index contributed by atoms with van der Waals surface area (Å²) in [4.78, 5) is 16.1. The van der Waals surface area contributed by atoms with Crippen molar-refractivity contribution in [3.8, 4) is 0 Å². The first-order valence-electron chi connectivity index (χ1n) is 8.02. The van der Waals surface area contributed by atoms with E-state index < -0.39 is 0 Å². The van der Waals surface area contributed by atoms with Gasteiger partial charge in [-0.3, -0.25) is 4.79 Å². The number of nitrogens with one attached hydrogen (secondary N) is 1. The fourth-order valence-corrected chi connectivity index (χ4v) is 2.41. The Morgan fingerprint density at radius 3 is 2.82 bits per heavy atom. The van der Waals surface area contributed by atoms with E-state index >= 15 is 0 Å². The summed E-state index contributed by atoms with van der Waals surface area (Å²) >= 11 is 3.35. The maximum absolute atomic E-state index is 11.9. The molecule has 1 atom stereocenters. The predicted molar refractivity (Wildman–Crippen MR) is 95.1 cm³/mol. The maximum Gasteiger partial charge on any atom is 0.308 e. The van der Waals surface area contributed by atoms with Crippen molar-refractivity contribution in [2.75, 3.05) is 6.54 Å². The highest BCUT2D eigenvalue weighted by Gasteiger charge is 2.22. The molecule has 1 aliphatic carbocycles. The summed E-state index contributed by atoms with van der Waals surface area (Å²) in [6.45, 7) is 8.45. The van der Waals surface area contributed by atoms with Gasteiger partial charge in [0.1, 0.15) is 11.9 Å². The number of nitrogens with zero attached hydrogens (tertiary/aromatic N) is 1. The van der Waals surface area contributed by atoms with Gasteiger partial charge in [0.2, 0.25) is 0 Å². The first-order valence-corrected chi connectivity index (χ1v) is 8.81. The van der Waals surface area contributed by atoms with Crippen molar-refractivity contribution in [3.05, 3.63) is 23.0 Å². The molecule has 0 aromatic carbocycles. The third-order valence-corrected chi connectivity index (χ3v) is 4.41. The van der Waals surface area contributed by atoms with Crippen LogP contribution in [0.15, 0.2) is 28.0 Å². The van der Waals surface area contributed by atoms with Crippen LogP contribution < -0.4 is 5.32 Å². The smallest absolute Gasteiger partial charge is 0.308 e. The second-order valence-corrected chi connectivity index (χ2v) is 6.61. The molecule has 0 radical (unpaired) electrons. The fourth-order valence-electron chi connectivity index (χ4n) is 2.31. The molecule has 22 heavy (non-hydrogen) atoms. The number of carbonyl (C=O) groups excluding carboxylic acids is 1. The van der Waals surface area contributed by atoms with E-state index in [1.807, 2.05) is 19.9 Å². The highest BCUT2D eigenvalue weighted by molar-refractivity contribution is 9.12. The largest absolute Gasteiger partial charge is 0.462 e. The van der Waals surface area contributed by atoms with E-state index in [0.717, 1.165) is 36.7 Å². The zero-order chi connectivity index (χ0) is 16.4. The number of halogens is 1. The molecule has 5 heteroatoms. The second-order valence-electron chi connectivity index (χ2n) is 5.69. The average Bonchev–Trinajstić information content (AvgIpc) is 3.01.